The lowest BCUT2D eigenvalue weighted by molar-refractivity contribution is -0.136. The van der Waals surface area contributed by atoms with Crippen molar-refractivity contribution in [2.75, 3.05) is 19.8 Å². The van der Waals surface area contributed by atoms with Crippen LogP contribution in [0.3, 0.4) is 0 Å². The highest BCUT2D eigenvalue weighted by Gasteiger charge is 2.30. The molecule has 0 bridgehead atoms. The number of aldehydes is 4. The van der Waals surface area contributed by atoms with Gasteiger partial charge in [0.2, 0.25) is 0 Å². The predicted molar refractivity (Wildman–Crippen MR) is 141 cm³/mol. The molecule has 0 heterocycles. The summed E-state index contributed by atoms with van der Waals surface area (Å²) in [7, 11) is 0. The fourth-order valence-electron chi connectivity index (χ4n) is 2.22. The van der Waals surface area contributed by atoms with Gasteiger partial charge in [0.15, 0.2) is 25.1 Å². The Morgan fingerprint density at radius 2 is 0.556 bits per heavy atom. The lowest BCUT2D eigenvalue weighted by Gasteiger charge is -2.22. The number of carbonyl (C=O) groups is 4. The topological polar surface area (TPSA) is 432 Å². The van der Waals surface area contributed by atoms with Crippen LogP contribution in [0.4, 0.5) is 0 Å². The van der Waals surface area contributed by atoms with Crippen molar-refractivity contribution in [2.45, 2.75) is 98.5 Å². The first-order valence-corrected chi connectivity index (χ1v) is 12.6. The number of carbonyl (C=O) groups excluding carboxylic acids is 4. The van der Waals surface area contributed by atoms with Crippen LogP contribution in [0, 0.1) is 0 Å². The molecule has 0 spiro atoms. The second-order valence-electron chi connectivity index (χ2n) is 8.93. The van der Waals surface area contributed by atoms with E-state index in [2.05, 4.69) is 0 Å². The summed E-state index contributed by atoms with van der Waals surface area (Å²) >= 11 is 0. The minimum atomic E-state index is -1.79. The van der Waals surface area contributed by atoms with Crippen molar-refractivity contribution in [3.63, 3.8) is 0 Å². The van der Waals surface area contributed by atoms with Crippen LogP contribution in [-0.2, 0) is 19.2 Å². The average Bonchev–Trinajstić information content (AvgIpc) is 3.06. The molecule has 0 fully saturated rings. The van der Waals surface area contributed by atoms with Crippen molar-refractivity contribution in [3.8, 4) is 0 Å². The second kappa shape index (κ2) is 28.2. The summed E-state index contributed by atoms with van der Waals surface area (Å²) in [4.78, 5) is 39.4. The van der Waals surface area contributed by atoms with Gasteiger partial charge in [-0.15, -0.1) is 0 Å². The van der Waals surface area contributed by atoms with Crippen LogP contribution in [0.1, 0.15) is 6.92 Å². The minimum absolute atomic E-state index is 0.0258. The van der Waals surface area contributed by atoms with Crippen molar-refractivity contribution < 1.29 is 111 Å². The standard InChI is InChI=1S/2C6H12O6.C6H12O5.C5H10O5/c2*7-1-3(9)5(11)6(12)4(10)2-8;1-3(8)5(10)6(11)4(9)2-7;6-1-3(8)5(10)4(9)2-7/h2*1,3-6,8-12H,2H2;2-6,8-11H,1H3;1,3-5,7-10H,2H2/t3-,4+,5+,6+;3-,4+,5+,6-;3-,4-,5-,6-;3-,4-,5+/m0001/s1. The summed E-state index contributed by atoms with van der Waals surface area (Å²) in [6, 6.07) is 0. The van der Waals surface area contributed by atoms with Crippen molar-refractivity contribution in [3.05, 3.63) is 0 Å². The van der Waals surface area contributed by atoms with Gasteiger partial charge in [-0.1, -0.05) is 0 Å². The lowest BCUT2D eigenvalue weighted by atomic mass is 10.0. The molecule has 0 aliphatic rings. The number of aliphatic hydroxyl groups is 18. The maximum Gasteiger partial charge on any atom is 0.151 e. The van der Waals surface area contributed by atoms with Gasteiger partial charge in [0.1, 0.15) is 85.5 Å². The van der Waals surface area contributed by atoms with Gasteiger partial charge >= 0.3 is 0 Å². The van der Waals surface area contributed by atoms with Gasteiger partial charge in [-0.25, -0.2) is 0 Å². The summed E-state index contributed by atoms with van der Waals surface area (Å²) in [6.45, 7) is -0.967. The van der Waals surface area contributed by atoms with Gasteiger partial charge in [0.05, 0.1) is 25.9 Å². The monoisotopic (exact) mass is 674 g/mol. The van der Waals surface area contributed by atoms with Crippen molar-refractivity contribution >= 4 is 25.1 Å². The average molecular weight is 675 g/mol. The molecule has 22 heteroatoms. The van der Waals surface area contributed by atoms with Crippen LogP contribution in [0.15, 0.2) is 0 Å². The molecular formula is C23H46O22. The Morgan fingerprint density at radius 3 is 0.756 bits per heavy atom. The highest BCUT2D eigenvalue weighted by molar-refractivity contribution is 5.57. The Kier molecular flexibility index (Phi) is 31.2. The quantitative estimate of drug-likeness (QED) is 0.0600. The molecule has 0 aliphatic carbocycles. The van der Waals surface area contributed by atoms with Gasteiger partial charge < -0.3 is 111 Å². The number of hydrogen-bond donors (Lipinski definition) is 18. The molecule has 0 saturated heterocycles. The van der Waals surface area contributed by atoms with Gasteiger partial charge in [-0.05, 0) is 6.92 Å². The summed E-state index contributed by atoms with van der Waals surface area (Å²) in [6.07, 6.45) is -24.2. The first-order valence-electron chi connectivity index (χ1n) is 12.6. The van der Waals surface area contributed by atoms with Crippen molar-refractivity contribution in [2.24, 2.45) is 0 Å². The van der Waals surface area contributed by atoms with E-state index in [1.165, 1.54) is 6.92 Å². The van der Waals surface area contributed by atoms with Gasteiger partial charge in [0.25, 0.3) is 0 Å². The highest BCUT2D eigenvalue weighted by atomic mass is 16.4. The van der Waals surface area contributed by atoms with Crippen molar-refractivity contribution in [1.82, 2.24) is 0 Å². The molecule has 0 aliphatic heterocycles. The minimum Gasteiger partial charge on any atom is -0.394 e. The number of hydrogen-bond acceptors (Lipinski definition) is 22. The first-order chi connectivity index (χ1) is 20.7. The van der Waals surface area contributed by atoms with Gasteiger partial charge in [-0.2, -0.15) is 0 Å². The molecule has 0 rings (SSSR count). The van der Waals surface area contributed by atoms with Crippen LogP contribution in [0.5, 0.6) is 0 Å². The van der Waals surface area contributed by atoms with Gasteiger partial charge in [-0.3, -0.25) is 0 Å². The predicted octanol–water partition coefficient (Wildman–Crippen LogP) is -11.8. The summed E-state index contributed by atoms with van der Waals surface area (Å²) in [5.74, 6) is 0. The molecule has 0 amide bonds. The summed E-state index contributed by atoms with van der Waals surface area (Å²) in [5, 5.41) is 156. The Hall–Kier alpha value is -2.04. The zero-order valence-electron chi connectivity index (χ0n) is 23.8. The van der Waals surface area contributed by atoms with E-state index < -0.39 is 111 Å². The largest absolute Gasteiger partial charge is 0.394 e. The van der Waals surface area contributed by atoms with Gasteiger partial charge in [0, 0.05) is 0 Å². The first kappa shape index (κ1) is 49.8. The molecule has 0 saturated carbocycles. The van der Waals surface area contributed by atoms with E-state index >= 15 is 0 Å². The molecule has 18 N–H and O–H groups in total. The molecule has 0 aromatic heterocycles. The molecular weight excluding hydrogens is 628 g/mol. The zero-order chi connectivity index (χ0) is 36.6. The molecule has 22 nitrogen and oxygen atoms in total. The molecule has 0 aromatic rings. The Labute approximate surface area is 255 Å². The number of rotatable bonds is 18. The maximum absolute atomic E-state index is 9.90. The van der Waals surface area contributed by atoms with Crippen molar-refractivity contribution in [1.29, 1.82) is 0 Å². The third kappa shape index (κ3) is 21.4. The fourth-order valence-corrected chi connectivity index (χ4v) is 2.22. The highest BCUT2D eigenvalue weighted by Crippen LogP contribution is 2.04. The molecule has 0 unspecified atom stereocenters. The third-order valence-corrected chi connectivity index (χ3v) is 5.25. The molecule has 0 aromatic carbocycles. The fraction of sp³-hybridized carbons (Fsp3) is 0.826. The van der Waals surface area contributed by atoms with E-state index in [9.17, 15) is 19.2 Å². The normalized spacial score (nSPS) is 21.0. The summed E-state index contributed by atoms with van der Waals surface area (Å²) < 4.78 is 0. The van der Waals surface area contributed by atoms with Crippen LogP contribution in [0.25, 0.3) is 0 Å². The zero-order valence-corrected chi connectivity index (χ0v) is 23.8. The van der Waals surface area contributed by atoms with E-state index in [0.717, 1.165) is 0 Å². The molecule has 15 atom stereocenters. The maximum atomic E-state index is 9.90. The Bertz CT molecular complexity index is 712. The van der Waals surface area contributed by atoms with E-state index in [-0.39, 0.29) is 25.1 Å². The Balaban J connectivity index is -0.000000250. The molecule has 270 valence electrons. The lowest BCUT2D eigenvalue weighted by Crippen LogP contribution is -2.46. The second-order valence-corrected chi connectivity index (χ2v) is 8.93. The van der Waals surface area contributed by atoms with Crippen LogP contribution in [0.2, 0.25) is 0 Å². The van der Waals surface area contributed by atoms with E-state index in [1.807, 2.05) is 0 Å². The Morgan fingerprint density at radius 1 is 0.356 bits per heavy atom. The molecule has 0 radical (unpaired) electrons. The van der Waals surface area contributed by atoms with Crippen LogP contribution >= 0.6 is 0 Å². The van der Waals surface area contributed by atoms with E-state index in [0.29, 0.717) is 0 Å². The molecule has 45 heavy (non-hydrogen) atoms. The SMILES string of the molecule is C[C@H](O)[C@H](O)[C@@H](O)[C@@H](O)C=O.O=C[C@@H](O)[C@H](O)[C@H](O)CO.O=C[C@H](O)[C@@H](O)[C@@H](O)[C@H](O)CO.O=C[C@H](O)[C@@H](O)[C@H](O)[C@H](O)CO. The van der Waals surface area contributed by atoms with E-state index in [4.69, 9.17) is 91.9 Å². The van der Waals surface area contributed by atoms with Crippen LogP contribution in [-0.4, -0.2) is 228 Å². The van der Waals surface area contributed by atoms with E-state index in [1.54, 1.807) is 0 Å². The smallest absolute Gasteiger partial charge is 0.151 e. The summed E-state index contributed by atoms with van der Waals surface area (Å²) in [5.41, 5.74) is 0. The van der Waals surface area contributed by atoms with Crippen LogP contribution < -0.4 is 0 Å². The number of aliphatic hydroxyl groups excluding tert-OH is 18. The third-order valence-electron chi connectivity index (χ3n) is 5.25.